The normalized spacial score (nSPS) is 23.6. The van der Waals surface area contributed by atoms with Gasteiger partial charge in [0, 0.05) is 12.1 Å². The molecule has 1 aromatic carbocycles. The molecule has 92 valence electrons. The van der Waals surface area contributed by atoms with Crippen LogP contribution in [-0.4, -0.2) is 17.1 Å². The van der Waals surface area contributed by atoms with Gasteiger partial charge in [-0.15, -0.1) is 0 Å². The van der Waals surface area contributed by atoms with Crippen LogP contribution in [0, 0.1) is 17.0 Å². The molecule has 1 aromatic rings. The Morgan fingerprint density at radius 2 is 2.24 bits per heavy atom. The van der Waals surface area contributed by atoms with Crippen LogP contribution in [0.25, 0.3) is 0 Å². The van der Waals surface area contributed by atoms with Gasteiger partial charge in [-0.05, 0) is 37.8 Å². The molecule has 0 bridgehead atoms. The minimum Gasteiger partial charge on any atom is -0.488 e. The predicted octanol–water partition coefficient (Wildman–Crippen LogP) is 2.16. The van der Waals surface area contributed by atoms with Gasteiger partial charge in [0.1, 0.15) is 11.9 Å². The molecule has 0 spiro atoms. The first-order chi connectivity index (χ1) is 8.08. The van der Waals surface area contributed by atoms with Crippen molar-refractivity contribution in [3.63, 3.8) is 0 Å². The second-order valence-electron chi connectivity index (χ2n) is 4.46. The van der Waals surface area contributed by atoms with Crippen molar-refractivity contribution in [3.05, 3.63) is 33.9 Å². The van der Waals surface area contributed by atoms with Crippen molar-refractivity contribution in [1.29, 1.82) is 0 Å². The number of benzene rings is 1. The molecule has 0 heterocycles. The molecule has 2 unspecified atom stereocenters. The van der Waals surface area contributed by atoms with E-state index in [-0.39, 0.29) is 17.8 Å². The molecule has 0 saturated heterocycles. The summed E-state index contributed by atoms with van der Waals surface area (Å²) in [5.41, 5.74) is 6.87. The lowest BCUT2D eigenvalue weighted by atomic mass is 10.2. The lowest BCUT2D eigenvalue weighted by Crippen LogP contribution is -2.33. The van der Waals surface area contributed by atoms with Crippen LogP contribution in [0.1, 0.15) is 24.8 Å². The van der Waals surface area contributed by atoms with Crippen LogP contribution in [-0.2, 0) is 0 Å². The molecule has 1 saturated carbocycles. The highest BCUT2D eigenvalue weighted by atomic mass is 16.6. The fourth-order valence-corrected chi connectivity index (χ4v) is 2.09. The molecule has 2 rings (SSSR count). The van der Waals surface area contributed by atoms with Gasteiger partial charge in [-0.2, -0.15) is 0 Å². The van der Waals surface area contributed by atoms with Gasteiger partial charge >= 0.3 is 0 Å². The monoisotopic (exact) mass is 236 g/mol. The van der Waals surface area contributed by atoms with Gasteiger partial charge in [0.05, 0.1) is 11.0 Å². The number of nitrogens with zero attached hydrogens (tertiary/aromatic N) is 1. The predicted molar refractivity (Wildman–Crippen MR) is 64.1 cm³/mol. The van der Waals surface area contributed by atoms with E-state index in [0.29, 0.717) is 5.75 Å². The van der Waals surface area contributed by atoms with Crippen LogP contribution in [0.5, 0.6) is 5.75 Å². The number of ether oxygens (including phenoxy) is 1. The fraction of sp³-hybridized carbons (Fsp3) is 0.500. The van der Waals surface area contributed by atoms with E-state index in [9.17, 15) is 10.1 Å². The van der Waals surface area contributed by atoms with Crippen molar-refractivity contribution in [3.8, 4) is 5.75 Å². The SMILES string of the molecule is Cc1ccc([N+](=O)[O-])cc1OC1CCCC1N. The summed E-state index contributed by atoms with van der Waals surface area (Å²) in [7, 11) is 0. The Kier molecular flexibility index (Phi) is 3.28. The van der Waals surface area contributed by atoms with Crippen molar-refractivity contribution in [2.75, 3.05) is 0 Å². The lowest BCUT2D eigenvalue weighted by molar-refractivity contribution is -0.385. The number of nitro groups is 1. The highest BCUT2D eigenvalue weighted by Gasteiger charge is 2.26. The molecule has 1 fully saturated rings. The quantitative estimate of drug-likeness (QED) is 0.644. The number of rotatable bonds is 3. The molecular weight excluding hydrogens is 220 g/mol. The summed E-state index contributed by atoms with van der Waals surface area (Å²) in [6.45, 7) is 1.87. The maximum absolute atomic E-state index is 10.7. The van der Waals surface area contributed by atoms with Crippen LogP contribution in [0.4, 0.5) is 5.69 Å². The number of hydrogen-bond donors (Lipinski definition) is 1. The Labute approximate surface area is 99.7 Å². The van der Waals surface area contributed by atoms with E-state index < -0.39 is 4.92 Å². The van der Waals surface area contributed by atoms with Crippen molar-refractivity contribution in [1.82, 2.24) is 0 Å². The van der Waals surface area contributed by atoms with E-state index >= 15 is 0 Å². The summed E-state index contributed by atoms with van der Waals surface area (Å²) >= 11 is 0. The highest BCUT2D eigenvalue weighted by molar-refractivity contribution is 5.43. The van der Waals surface area contributed by atoms with Crippen molar-refractivity contribution in [2.45, 2.75) is 38.3 Å². The van der Waals surface area contributed by atoms with Crippen molar-refractivity contribution in [2.24, 2.45) is 5.73 Å². The van der Waals surface area contributed by atoms with Crippen LogP contribution >= 0.6 is 0 Å². The zero-order valence-corrected chi connectivity index (χ0v) is 9.76. The lowest BCUT2D eigenvalue weighted by Gasteiger charge is -2.19. The molecule has 1 aliphatic carbocycles. The Hall–Kier alpha value is -1.62. The summed E-state index contributed by atoms with van der Waals surface area (Å²) < 4.78 is 5.78. The van der Waals surface area contributed by atoms with E-state index in [2.05, 4.69) is 0 Å². The number of aryl methyl sites for hydroxylation is 1. The number of nitrogens with two attached hydrogens (primary N) is 1. The minimum atomic E-state index is -0.416. The third kappa shape index (κ3) is 2.55. The van der Waals surface area contributed by atoms with Crippen LogP contribution in [0.2, 0.25) is 0 Å². The average Bonchev–Trinajstić information content (AvgIpc) is 2.67. The van der Waals surface area contributed by atoms with Crippen LogP contribution < -0.4 is 10.5 Å². The highest BCUT2D eigenvalue weighted by Crippen LogP contribution is 2.28. The maximum Gasteiger partial charge on any atom is 0.273 e. The van der Waals surface area contributed by atoms with Crippen molar-refractivity contribution < 1.29 is 9.66 Å². The fourth-order valence-electron chi connectivity index (χ4n) is 2.09. The molecule has 2 atom stereocenters. The second kappa shape index (κ2) is 4.71. The van der Waals surface area contributed by atoms with Gasteiger partial charge in [0.2, 0.25) is 0 Å². The molecule has 0 radical (unpaired) electrons. The average molecular weight is 236 g/mol. The zero-order chi connectivity index (χ0) is 12.4. The number of non-ortho nitro benzene ring substituents is 1. The molecular formula is C12H16N2O3. The molecule has 17 heavy (non-hydrogen) atoms. The van der Waals surface area contributed by atoms with Gasteiger partial charge in [-0.25, -0.2) is 0 Å². The van der Waals surface area contributed by atoms with E-state index in [1.165, 1.54) is 12.1 Å². The van der Waals surface area contributed by atoms with E-state index in [0.717, 1.165) is 24.8 Å². The molecule has 5 nitrogen and oxygen atoms in total. The van der Waals surface area contributed by atoms with Gasteiger partial charge in [-0.3, -0.25) is 10.1 Å². The Morgan fingerprint density at radius 3 is 2.82 bits per heavy atom. The molecule has 0 amide bonds. The minimum absolute atomic E-state index is 0.0179. The first kappa shape index (κ1) is 11.9. The van der Waals surface area contributed by atoms with Gasteiger partial charge < -0.3 is 10.5 Å². The smallest absolute Gasteiger partial charge is 0.273 e. The summed E-state index contributed by atoms with van der Waals surface area (Å²) in [4.78, 5) is 10.3. The zero-order valence-electron chi connectivity index (χ0n) is 9.76. The van der Waals surface area contributed by atoms with Crippen LogP contribution in [0.15, 0.2) is 18.2 Å². The van der Waals surface area contributed by atoms with Gasteiger partial charge in [0.25, 0.3) is 5.69 Å². The first-order valence-corrected chi connectivity index (χ1v) is 5.75. The van der Waals surface area contributed by atoms with Gasteiger partial charge in [-0.1, -0.05) is 0 Å². The Bertz CT molecular complexity index is 434. The molecule has 0 aromatic heterocycles. The standard InChI is InChI=1S/C12H16N2O3/c1-8-5-6-9(14(15)16)7-12(8)17-11-4-2-3-10(11)13/h5-7,10-11H,2-4,13H2,1H3. The molecule has 0 aliphatic heterocycles. The third-order valence-corrected chi connectivity index (χ3v) is 3.16. The summed E-state index contributed by atoms with van der Waals surface area (Å²) in [6.07, 6.45) is 2.91. The largest absolute Gasteiger partial charge is 0.488 e. The topological polar surface area (TPSA) is 78.4 Å². The summed E-state index contributed by atoms with van der Waals surface area (Å²) in [5.74, 6) is 0.571. The first-order valence-electron chi connectivity index (χ1n) is 5.75. The van der Waals surface area contributed by atoms with E-state index in [1.807, 2.05) is 6.92 Å². The summed E-state index contributed by atoms with van der Waals surface area (Å²) in [6, 6.07) is 4.69. The Morgan fingerprint density at radius 1 is 1.47 bits per heavy atom. The third-order valence-electron chi connectivity index (χ3n) is 3.16. The number of nitro benzene ring substituents is 1. The van der Waals surface area contributed by atoms with Gasteiger partial charge in [0.15, 0.2) is 0 Å². The van der Waals surface area contributed by atoms with Crippen molar-refractivity contribution >= 4 is 5.69 Å². The van der Waals surface area contributed by atoms with E-state index in [4.69, 9.17) is 10.5 Å². The molecule has 2 N–H and O–H groups in total. The molecule has 1 aliphatic rings. The molecule has 5 heteroatoms. The Balaban J connectivity index is 2.19. The summed E-state index contributed by atoms with van der Waals surface area (Å²) in [5, 5.41) is 10.7. The maximum atomic E-state index is 10.7. The number of hydrogen-bond acceptors (Lipinski definition) is 4. The van der Waals surface area contributed by atoms with E-state index in [1.54, 1.807) is 6.07 Å². The van der Waals surface area contributed by atoms with Crippen LogP contribution in [0.3, 0.4) is 0 Å². The second-order valence-corrected chi connectivity index (χ2v) is 4.46.